The molecule has 474 valence electrons. The summed E-state index contributed by atoms with van der Waals surface area (Å²) in [6.07, 6.45) is 0. The summed E-state index contributed by atoms with van der Waals surface area (Å²) >= 11 is 0. The Labute approximate surface area is 588 Å². The third-order valence-electron chi connectivity index (χ3n) is 21.5. The van der Waals surface area contributed by atoms with Crippen molar-refractivity contribution in [1.82, 2.24) is 18.3 Å². The third-order valence-corrected chi connectivity index (χ3v) is 21.5. The van der Waals surface area contributed by atoms with Gasteiger partial charge in [0.2, 0.25) is 0 Å². The van der Waals surface area contributed by atoms with E-state index in [2.05, 4.69) is 394 Å². The van der Waals surface area contributed by atoms with Gasteiger partial charge >= 0.3 is 0 Å². The number of hydrogen-bond acceptors (Lipinski definition) is 0. The number of nitrogens with zero attached hydrogens (tertiary/aromatic N) is 4. The van der Waals surface area contributed by atoms with Gasteiger partial charge in [-0.15, -0.1) is 0 Å². The molecule has 0 aliphatic carbocycles. The fourth-order valence-corrected chi connectivity index (χ4v) is 16.7. The Balaban J connectivity index is 0.647. The molecule has 0 aliphatic rings. The topological polar surface area (TPSA) is 19.7 Å². The van der Waals surface area contributed by atoms with Crippen LogP contribution < -0.4 is 0 Å². The molecule has 21 aromatic rings. The van der Waals surface area contributed by atoms with Crippen LogP contribution in [-0.4, -0.2) is 18.3 Å². The van der Waals surface area contributed by atoms with Crippen LogP contribution in [0.3, 0.4) is 0 Å². The highest BCUT2D eigenvalue weighted by Crippen LogP contribution is 2.44. The molecule has 4 heteroatoms. The molecule has 4 nitrogen and oxygen atoms in total. The number of hydrogen-bond donors (Lipinski definition) is 0. The van der Waals surface area contributed by atoms with E-state index < -0.39 is 0 Å². The van der Waals surface area contributed by atoms with Gasteiger partial charge in [0.05, 0.1) is 44.1 Å². The van der Waals surface area contributed by atoms with Crippen LogP contribution in [0, 0.1) is 0 Å². The van der Waals surface area contributed by atoms with Gasteiger partial charge in [-0.05, 0) is 216 Å². The molecule has 0 atom stereocenters. The first-order valence-corrected chi connectivity index (χ1v) is 35.2. The normalized spacial score (nSPS) is 11.9. The molecule has 0 amide bonds. The number of fused-ring (bicyclic) bond motifs is 15. The van der Waals surface area contributed by atoms with Crippen molar-refractivity contribution >= 4 is 109 Å². The van der Waals surface area contributed by atoms with Crippen molar-refractivity contribution in [3.63, 3.8) is 0 Å². The lowest BCUT2D eigenvalue weighted by atomic mass is 9.96. The van der Waals surface area contributed by atoms with Gasteiger partial charge in [-0.3, -0.25) is 0 Å². The SMILES string of the molecule is c1ccc(-c2ccc(-n3c4ccccc4c4cc(-c5ccc6c(c5)c5ccccc5n6-c5ccc6c(ccc7ccc(-c8ccc9c%10cc(-c%11ccc%12c(c%11)c%11ccccc%11n%12-c%11cccc(-c%12ccccc%12)c%11)ccc%10n(-c%10cccc(-c%11ccccc%11)c%10)c9c8)cc76)c5)ccc43)cc2)cc1. The average Bonchev–Trinajstić information content (AvgIpc) is 1.56. The second-order valence-electron chi connectivity index (χ2n) is 27.2. The summed E-state index contributed by atoms with van der Waals surface area (Å²) < 4.78 is 9.76. The second-order valence-corrected chi connectivity index (χ2v) is 27.2. The Hall–Kier alpha value is -13.5. The molecule has 0 N–H and O–H groups in total. The Bertz CT molecular complexity index is 6970. The van der Waals surface area contributed by atoms with Crippen molar-refractivity contribution in [2.45, 2.75) is 0 Å². The lowest BCUT2D eigenvalue weighted by Gasteiger charge is -2.13. The Morgan fingerprint density at radius 1 is 0.118 bits per heavy atom. The number of rotatable bonds is 10. The van der Waals surface area contributed by atoms with Crippen LogP contribution in [0.15, 0.2) is 376 Å². The molecule has 0 unspecified atom stereocenters. The first-order valence-electron chi connectivity index (χ1n) is 35.2. The Morgan fingerprint density at radius 2 is 0.402 bits per heavy atom. The summed E-state index contributed by atoms with van der Waals surface area (Å²) in [5.41, 5.74) is 28.3. The molecule has 0 fully saturated rings. The van der Waals surface area contributed by atoms with Gasteiger partial charge in [0.15, 0.2) is 0 Å². The van der Waals surface area contributed by atoms with E-state index in [1.165, 1.54) is 164 Å². The Morgan fingerprint density at radius 3 is 0.882 bits per heavy atom. The van der Waals surface area contributed by atoms with Gasteiger partial charge in [0.1, 0.15) is 0 Å². The minimum Gasteiger partial charge on any atom is -0.309 e. The van der Waals surface area contributed by atoms with Crippen LogP contribution in [0.2, 0.25) is 0 Å². The predicted molar refractivity (Wildman–Crippen MR) is 431 cm³/mol. The highest BCUT2D eigenvalue weighted by atomic mass is 15.0. The molecule has 102 heavy (non-hydrogen) atoms. The Kier molecular flexibility index (Phi) is 13.0. The van der Waals surface area contributed by atoms with Crippen molar-refractivity contribution in [3.05, 3.63) is 376 Å². The summed E-state index contributed by atoms with van der Waals surface area (Å²) in [6.45, 7) is 0. The van der Waals surface area contributed by atoms with E-state index in [9.17, 15) is 0 Å². The largest absolute Gasteiger partial charge is 0.309 e. The fourth-order valence-electron chi connectivity index (χ4n) is 16.7. The molecule has 0 saturated carbocycles. The lowest BCUT2D eigenvalue weighted by Crippen LogP contribution is -1.95. The number of para-hydroxylation sites is 3. The maximum atomic E-state index is 2.48. The van der Waals surface area contributed by atoms with E-state index in [1.54, 1.807) is 0 Å². The van der Waals surface area contributed by atoms with Crippen LogP contribution in [0.5, 0.6) is 0 Å². The molecule has 0 bridgehead atoms. The highest BCUT2D eigenvalue weighted by molar-refractivity contribution is 6.17. The van der Waals surface area contributed by atoms with E-state index in [0.29, 0.717) is 0 Å². The van der Waals surface area contributed by atoms with Crippen LogP contribution in [-0.2, 0) is 0 Å². The molecule has 17 aromatic carbocycles. The highest BCUT2D eigenvalue weighted by Gasteiger charge is 2.21. The lowest BCUT2D eigenvalue weighted by molar-refractivity contribution is 1.18. The molecular formula is C98H62N4. The zero-order valence-electron chi connectivity index (χ0n) is 55.6. The van der Waals surface area contributed by atoms with Crippen LogP contribution in [0.4, 0.5) is 0 Å². The van der Waals surface area contributed by atoms with Crippen molar-refractivity contribution in [3.8, 4) is 89.5 Å². The number of benzene rings is 17. The third kappa shape index (κ3) is 9.24. The molecule has 0 spiro atoms. The summed E-state index contributed by atoms with van der Waals surface area (Å²) in [7, 11) is 0. The first-order chi connectivity index (χ1) is 50.5. The minimum atomic E-state index is 1.12. The first kappa shape index (κ1) is 57.5. The number of aromatic nitrogens is 4. The monoisotopic (exact) mass is 1290 g/mol. The predicted octanol–water partition coefficient (Wildman–Crippen LogP) is 26.4. The van der Waals surface area contributed by atoms with Gasteiger partial charge in [-0.1, -0.05) is 249 Å². The molecule has 4 heterocycles. The van der Waals surface area contributed by atoms with Gasteiger partial charge < -0.3 is 18.3 Å². The zero-order chi connectivity index (χ0) is 66.9. The van der Waals surface area contributed by atoms with Crippen molar-refractivity contribution in [2.75, 3.05) is 0 Å². The van der Waals surface area contributed by atoms with Crippen molar-refractivity contribution in [1.29, 1.82) is 0 Å². The second kappa shape index (κ2) is 23.0. The van der Waals surface area contributed by atoms with Crippen LogP contribution in [0.1, 0.15) is 0 Å². The summed E-state index contributed by atoms with van der Waals surface area (Å²) in [5, 5.41) is 14.7. The van der Waals surface area contributed by atoms with Crippen LogP contribution >= 0.6 is 0 Å². The molecule has 0 saturated heterocycles. The average molecular weight is 1300 g/mol. The summed E-state index contributed by atoms with van der Waals surface area (Å²) in [4.78, 5) is 0. The summed E-state index contributed by atoms with van der Waals surface area (Å²) in [6, 6.07) is 139. The zero-order valence-corrected chi connectivity index (χ0v) is 55.6. The van der Waals surface area contributed by atoms with Gasteiger partial charge in [-0.2, -0.15) is 0 Å². The standard InChI is InChI=1S/C98H62N4/c1-4-18-63(19-5-1)66-38-45-77(46-39-66)99-91-31-13-10-28-82(91)87-58-71(41-50-94(87)99)72-43-52-96-89(60-72)84-30-12-15-33-93(84)101(96)80-47-49-81-76(56-80)37-35-67-34-36-70(57-86(67)81)75-40-48-85-90-61-74(44-53-97(90)102(98(85)62-75)79-27-17-25-69(55-79)65-22-8-3-9-23-65)73-42-51-95-88(59-73)83-29-11-14-32-92(83)100(95)78-26-16-24-68(54-78)64-20-6-2-7-21-64/h1-62H. The van der Waals surface area contributed by atoms with E-state index in [1.807, 2.05) is 0 Å². The molecular weight excluding hydrogens is 1230 g/mol. The fraction of sp³-hybridized carbons (Fsp3) is 0. The van der Waals surface area contributed by atoms with Crippen LogP contribution in [0.25, 0.3) is 198 Å². The van der Waals surface area contributed by atoms with Crippen molar-refractivity contribution in [2.24, 2.45) is 0 Å². The van der Waals surface area contributed by atoms with Gasteiger partial charge in [0.25, 0.3) is 0 Å². The van der Waals surface area contributed by atoms with E-state index in [0.717, 1.165) is 33.8 Å². The maximum absolute atomic E-state index is 2.48. The maximum Gasteiger partial charge on any atom is 0.0547 e. The van der Waals surface area contributed by atoms with E-state index >= 15 is 0 Å². The summed E-state index contributed by atoms with van der Waals surface area (Å²) in [5.74, 6) is 0. The molecule has 21 rings (SSSR count). The smallest absolute Gasteiger partial charge is 0.0547 e. The molecule has 0 radical (unpaired) electrons. The molecule has 0 aliphatic heterocycles. The van der Waals surface area contributed by atoms with Gasteiger partial charge in [0, 0.05) is 65.8 Å². The van der Waals surface area contributed by atoms with E-state index in [-0.39, 0.29) is 0 Å². The minimum absolute atomic E-state index is 1.12. The quantitative estimate of drug-likeness (QED) is 0.122. The van der Waals surface area contributed by atoms with E-state index in [4.69, 9.17) is 0 Å². The molecule has 4 aromatic heterocycles. The van der Waals surface area contributed by atoms with Crippen molar-refractivity contribution < 1.29 is 0 Å². The van der Waals surface area contributed by atoms with Gasteiger partial charge in [-0.25, -0.2) is 0 Å².